The van der Waals surface area contributed by atoms with Crippen LogP contribution in [0.4, 0.5) is 0 Å². The van der Waals surface area contributed by atoms with Crippen LogP contribution in [0, 0.1) is 6.10 Å². The Morgan fingerprint density at radius 2 is 1.17 bits per heavy atom. The number of hydrogen-bond acceptors (Lipinski definition) is 16. The molecule has 210 valence electrons. The second-order valence-electron chi connectivity index (χ2n) is 8.43. The Morgan fingerprint density at radius 1 is 0.686 bits per heavy atom. The van der Waals surface area contributed by atoms with Crippen molar-refractivity contribution in [2.24, 2.45) is 17.2 Å². The molecule has 3 saturated heterocycles. The first kappa shape index (κ1) is 31.1. The summed E-state index contributed by atoms with van der Waals surface area (Å²) in [5, 5.41) is 79.5. The number of nitrogens with two attached hydrogens (primary N) is 3. The molecule has 0 aromatic heterocycles. The zero-order valence-corrected chi connectivity index (χ0v) is 19.4. The van der Waals surface area contributed by atoms with Crippen LogP contribution in [0.1, 0.15) is 0 Å². The van der Waals surface area contributed by atoms with Gasteiger partial charge in [0.2, 0.25) is 0 Å². The van der Waals surface area contributed by atoms with Gasteiger partial charge in [-0.2, -0.15) is 0 Å². The molecular formula is C18H34N3NiO13-. The molecule has 14 atom stereocenters. The molecule has 0 amide bonds. The molecule has 0 spiro atoms. The molecule has 3 aliphatic rings. The number of hydrogen-bond donors (Lipinski definition) is 11. The van der Waals surface area contributed by atoms with Crippen LogP contribution < -0.4 is 17.2 Å². The average molecular weight is 559 g/mol. The Morgan fingerprint density at radius 3 is 1.71 bits per heavy atom. The van der Waals surface area contributed by atoms with E-state index in [9.17, 15) is 40.9 Å². The second-order valence-corrected chi connectivity index (χ2v) is 8.43. The molecular weight excluding hydrogens is 525 g/mol. The van der Waals surface area contributed by atoms with Crippen molar-refractivity contribution < 1.29 is 81.0 Å². The number of rotatable bonds is 7. The average Bonchev–Trinajstić information content (AvgIpc) is 2.83. The summed E-state index contributed by atoms with van der Waals surface area (Å²) in [6.45, 7) is -2.09. The Bertz CT molecular complexity index is 653. The minimum absolute atomic E-state index is 0. The Labute approximate surface area is 210 Å². The summed E-state index contributed by atoms with van der Waals surface area (Å²) in [6, 6.07) is -3.90. The van der Waals surface area contributed by atoms with Crippen molar-refractivity contribution in [2.75, 3.05) is 19.8 Å². The fourth-order valence-corrected chi connectivity index (χ4v) is 4.07. The van der Waals surface area contributed by atoms with Crippen LogP contribution in [-0.2, 0) is 40.2 Å². The Hall–Kier alpha value is -0.146. The first-order valence-corrected chi connectivity index (χ1v) is 10.7. The van der Waals surface area contributed by atoms with Gasteiger partial charge in [0.1, 0.15) is 42.9 Å². The first-order valence-electron chi connectivity index (χ1n) is 10.7. The molecule has 0 aromatic rings. The van der Waals surface area contributed by atoms with Crippen LogP contribution >= 0.6 is 0 Å². The molecule has 3 fully saturated rings. The Balaban J connectivity index is 0.00000432. The van der Waals surface area contributed by atoms with E-state index in [0.29, 0.717) is 0 Å². The maximum Gasteiger partial charge on any atom is 0.176 e. The fraction of sp³-hybridized carbons (Fsp3) is 0.944. The summed E-state index contributed by atoms with van der Waals surface area (Å²) in [6.07, 6.45) is -16.1. The van der Waals surface area contributed by atoms with Gasteiger partial charge in [-0.3, -0.25) is 0 Å². The van der Waals surface area contributed by atoms with E-state index in [1.54, 1.807) is 0 Å². The predicted octanol–water partition coefficient (Wildman–Crippen LogP) is -7.51. The van der Waals surface area contributed by atoms with E-state index in [0.717, 1.165) is 0 Å². The third-order valence-electron chi connectivity index (χ3n) is 6.19. The molecule has 35 heavy (non-hydrogen) atoms. The van der Waals surface area contributed by atoms with Crippen molar-refractivity contribution in [1.82, 2.24) is 0 Å². The Kier molecular flexibility index (Phi) is 11.6. The summed E-state index contributed by atoms with van der Waals surface area (Å²) in [4.78, 5) is 0. The standard InChI is InChI=1S/C18H34N3O13.Ni/c19-7-12(27)14(5(2-23)30-16(7)29)33-18-9(21)13(28)15(6(3-24)32-18)34-17-8(20)11(26)10(25)4(1-22)31-17;/h5-18,22-29H,1-3,19-21H2;/q-1;/t5-,6-,7-,8-,9-,10-,11-,12-,13-,14?,15?,16-,17-,18+;/m1./s1. The molecule has 0 bridgehead atoms. The van der Waals surface area contributed by atoms with Crippen LogP contribution in [0.25, 0.3) is 0 Å². The maximum atomic E-state index is 10.8. The van der Waals surface area contributed by atoms with Gasteiger partial charge in [-0.25, -0.2) is 0 Å². The van der Waals surface area contributed by atoms with Gasteiger partial charge in [-0.05, 0) is 6.10 Å². The predicted molar refractivity (Wildman–Crippen MR) is 107 cm³/mol. The van der Waals surface area contributed by atoms with Crippen LogP contribution in [0.15, 0.2) is 0 Å². The molecule has 3 aliphatic heterocycles. The van der Waals surface area contributed by atoms with Crippen molar-refractivity contribution in [1.29, 1.82) is 0 Å². The fourth-order valence-electron chi connectivity index (χ4n) is 4.07. The van der Waals surface area contributed by atoms with Gasteiger partial charge in [0.15, 0.2) is 12.6 Å². The summed E-state index contributed by atoms with van der Waals surface area (Å²) >= 11 is 0. The van der Waals surface area contributed by atoms with Crippen molar-refractivity contribution in [3.8, 4) is 0 Å². The van der Waals surface area contributed by atoms with Crippen molar-refractivity contribution in [3.05, 3.63) is 6.10 Å². The molecule has 0 aromatic carbocycles. The van der Waals surface area contributed by atoms with Crippen LogP contribution in [0.2, 0.25) is 0 Å². The maximum absolute atomic E-state index is 10.8. The number of aliphatic hydroxyl groups is 8. The molecule has 14 N–H and O–H groups in total. The van der Waals surface area contributed by atoms with Crippen molar-refractivity contribution >= 4 is 0 Å². The van der Waals surface area contributed by atoms with Gasteiger partial charge in [-0.1, -0.05) is 6.61 Å². The molecule has 3 heterocycles. The molecule has 17 heteroatoms. The topological polar surface area (TPSA) is 286 Å². The van der Waals surface area contributed by atoms with Crippen LogP contribution in [-0.4, -0.2) is 147 Å². The SMILES string of the molecule is N[C@H]1[C@@H](OC2[C@@H](CO)O[C@@H](OC3[C@@H](CO)O[C@@H](O)[C@H](N)[C@H]3O)[C@H](N)[C@H]2O)O[C-](CO)[C@@H](O)[C@@H]1O.[Ni]. The van der Waals surface area contributed by atoms with Gasteiger partial charge >= 0.3 is 0 Å². The molecule has 2 unspecified atom stereocenters. The van der Waals surface area contributed by atoms with E-state index in [1.165, 1.54) is 0 Å². The zero-order chi connectivity index (χ0) is 25.3. The van der Waals surface area contributed by atoms with E-state index < -0.39 is 106 Å². The first-order chi connectivity index (χ1) is 16.0. The van der Waals surface area contributed by atoms with E-state index >= 15 is 0 Å². The van der Waals surface area contributed by atoms with Crippen molar-refractivity contribution in [2.45, 2.75) is 85.8 Å². The number of ether oxygens (including phenoxy) is 5. The van der Waals surface area contributed by atoms with Gasteiger partial charge in [0, 0.05) is 16.5 Å². The molecule has 0 aliphatic carbocycles. The van der Waals surface area contributed by atoms with Crippen LogP contribution in [0.3, 0.4) is 0 Å². The smallest absolute Gasteiger partial charge is 0.176 e. The summed E-state index contributed by atoms with van der Waals surface area (Å²) in [5.41, 5.74) is 17.6. The summed E-state index contributed by atoms with van der Waals surface area (Å²) in [5.74, 6) is 0. The quantitative estimate of drug-likeness (QED) is 0.102. The summed E-state index contributed by atoms with van der Waals surface area (Å²) < 4.78 is 27.3. The van der Waals surface area contributed by atoms with E-state index in [4.69, 9.17) is 40.9 Å². The molecule has 3 rings (SSSR count). The normalized spacial score (nSPS) is 49.5. The van der Waals surface area contributed by atoms with E-state index in [-0.39, 0.29) is 22.6 Å². The minimum atomic E-state index is -1.57. The third kappa shape index (κ3) is 6.30. The van der Waals surface area contributed by atoms with Gasteiger partial charge in [0.25, 0.3) is 0 Å². The minimum Gasteiger partial charge on any atom is -0.521 e. The van der Waals surface area contributed by atoms with Gasteiger partial charge < -0.3 is 81.7 Å². The third-order valence-corrected chi connectivity index (χ3v) is 6.19. The monoisotopic (exact) mass is 558 g/mol. The molecule has 16 nitrogen and oxygen atoms in total. The molecule has 0 radical (unpaired) electrons. The zero-order valence-electron chi connectivity index (χ0n) is 18.4. The number of aliphatic hydroxyl groups excluding tert-OH is 8. The van der Waals surface area contributed by atoms with Gasteiger partial charge in [0.05, 0.1) is 37.4 Å². The van der Waals surface area contributed by atoms with E-state index in [1.807, 2.05) is 0 Å². The summed E-state index contributed by atoms with van der Waals surface area (Å²) in [7, 11) is 0. The van der Waals surface area contributed by atoms with E-state index in [2.05, 4.69) is 0 Å². The second kappa shape index (κ2) is 13.1. The van der Waals surface area contributed by atoms with Crippen LogP contribution in [0.5, 0.6) is 0 Å². The van der Waals surface area contributed by atoms with Crippen molar-refractivity contribution in [3.63, 3.8) is 0 Å². The largest absolute Gasteiger partial charge is 0.521 e. The van der Waals surface area contributed by atoms with Gasteiger partial charge in [-0.15, -0.1) is 6.10 Å². The molecule has 0 saturated carbocycles.